The minimum atomic E-state index is -0.427. The number of imide groups is 1. The van der Waals surface area contributed by atoms with Gasteiger partial charge in [0.25, 0.3) is 0 Å². The number of aromatic hydroxyl groups is 1. The Hall–Kier alpha value is -4.20. The summed E-state index contributed by atoms with van der Waals surface area (Å²) in [5.41, 5.74) is 6.81. The molecule has 7 nitrogen and oxygen atoms in total. The topological polar surface area (TPSA) is 88.1 Å². The van der Waals surface area contributed by atoms with E-state index in [1.54, 1.807) is 19.2 Å². The number of allylic oxidation sites excluding steroid dienone is 1. The zero-order chi connectivity index (χ0) is 29.2. The number of anilines is 3. The lowest BCUT2D eigenvalue weighted by molar-refractivity contribution is -0.122. The van der Waals surface area contributed by atoms with Crippen molar-refractivity contribution >= 4 is 35.0 Å². The van der Waals surface area contributed by atoms with Crippen LogP contribution in [-0.4, -0.2) is 43.3 Å². The molecule has 3 aliphatic rings. The fourth-order valence-electron chi connectivity index (χ4n) is 6.75. The van der Waals surface area contributed by atoms with E-state index in [0.717, 1.165) is 40.9 Å². The van der Waals surface area contributed by atoms with Crippen LogP contribution in [0.3, 0.4) is 0 Å². The summed E-state index contributed by atoms with van der Waals surface area (Å²) in [7, 11) is 1.67. The number of para-hydroxylation sites is 1. The molecule has 216 valence electrons. The predicted octanol–water partition coefficient (Wildman–Crippen LogP) is 6.49. The highest BCUT2D eigenvalue weighted by molar-refractivity contribution is 6.22. The van der Waals surface area contributed by atoms with Crippen molar-refractivity contribution in [3.63, 3.8) is 0 Å². The lowest BCUT2D eigenvalue weighted by Gasteiger charge is -2.31. The molecule has 0 bridgehead atoms. The Morgan fingerprint density at radius 3 is 2.50 bits per heavy atom. The Morgan fingerprint density at radius 2 is 1.76 bits per heavy atom. The first kappa shape index (κ1) is 27.9. The van der Waals surface area contributed by atoms with Gasteiger partial charge in [0.15, 0.2) is 0 Å². The van der Waals surface area contributed by atoms with Gasteiger partial charge in [0.05, 0.1) is 36.8 Å². The summed E-state index contributed by atoms with van der Waals surface area (Å²) < 4.78 is 11.9. The summed E-state index contributed by atoms with van der Waals surface area (Å²) in [6.07, 6.45) is 4.06. The van der Waals surface area contributed by atoms with Gasteiger partial charge in [-0.05, 0) is 91.4 Å². The highest BCUT2D eigenvalue weighted by Gasteiger charge is 2.57. The molecular weight excluding hydrogens is 528 g/mol. The first-order valence-corrected chi connectivity index (χ1v) is 14.5. The van der Waals surface area contributed by atoms with E-state index < -0.39 is 11.8 Å². The second-order valence-electron chi connectivity index (χ2n) is 11.4. The van der Waals surface area contributed by atoms with E-state index in [4.69, 9.17) is 9.47 Å². The summed E-state index contributed by atoms with van der Waals surface area (Å²) in [6, 6.07) is 24.5. The molecule has 4 atom stereocenters. The van der Waals surface area contributed by atoms with Crippen molar-refractivity contribution in [2.45, 2.75) is 32.3 Å². The van der Waals surface area contributed by atoms with Crippen LogP contribution in [0.1, 0.15) is 31.7 Å². The van der Waals surface area contributed by atoms with E-state index in [9.17, 15) is 14.7 Å². The number of carbonyl (C=O) groups is 2. The molecule has 3 aromatic rings. The number of phenols is 1. The van der Waals surface area contributed by atoms with E-state index in [-0.39, 0.29) is 29.6 Å². The lowest BCUT2D eigenvalue weighted by atomic mass is 9.69. The van der Waals surface area contributed by atoms with Crippen molar-refractivity contribution in [3.05, 3.63) is 101 Å². The van der Waals surface area contributed by atoms with Crippen molar-refractivity contribution in [2.75, 3.05) is 30.5 Å². The minimum Gasteiger partial charge on any atom is -0.508 e. The maximum absolute atomic E-state index is 13.9. The SMILES string of the molecule is COCC1=C2[C@@H](CC/C(C)=C/c3cccc(O)c3)OC[C@@H]2[C@@H]2C(=O)N(c3ccc(Nc4ccccc4)cc3)C(=O)[C@@H]2C1. The Kier molecular flexibility index (Phi) is 7.96. The maximum atomic E-state index is 13.9. The number of ether oxygens (including phenoxy) is 2. The van der Waals surface area contributed by atoms with Crippen LogP contribution in [0, 0.1) is 17.8 Å². The zero-order valence-electron chi connectivity index (χ0n) is 24.0. The Balaban J connectivity index is 1.19. The first-order valence-electron chi connectivity index (χ1n) is 14.5. The molecule has 0 spiro atoms. The van der Waals surface area contributed by atoms with Gasteiger partial charge < -0.3 is 19.9 Å². The second kappa shape index (κ2) is 12.0. The average Bonchev–Trinajstić information content (AvgIpc) is 3.51. The average molecular weight is 565 g/mol. The summed E-state index contributed by atoms with van der Waals surface area (Å²) in [5, 5.41) is 13.1. The van der Waals surface area contributed by atoms with Gasteiger partial charge in [0.2, 0.25) is 11.8 Å². The third kappa shape index (κ3) is 5.50. The van der Waals surface area contributed by atoms with Gasteiger partial charge >= 0.3 is 0 Å². The zero-order valence-corrected chi connectivity index (χ0v) is 24.0. The molecule has 6 rings (SSSR count). The Bertz CT molecular complexity index is 1530. The van der Waals surface area contributed by atoms with Crippen LogP contribution in [0.25, 0.3) is 6.08 Å². The third-order valence-electron chi connectivity index (χ3n) is 8.60. The number of carbonyl (C=O) groups excluding carboxylic acids is 2. The molecule has 0 saturated carbocycles. The van der Waals surface area contributed by atoms with Crippen LogP contribution in [0.2, 0.25) is 0 Å². The van der Waals surface area contributed by atoms with Gasteiger partial charge in [-0.3, -0.25) is 14.5 Å². The molecule has 0 unspecified atom stereocenters. The van der Waals surface area contributed by atoms with Gasteiger partial charge in [0.1, 0.15) is 5.75 Å². The summed E-state index contributed by atoms with van der Waals surface area (Å²) >= 11 is 0. The molecule has 2 amide bonds. The molecule has 7 heteroatoms. The number of fused-ring (bicyclic) bond motifs is 3. The van der Waals surface area contributed by atoms with Crippen LogP contribution < -0.4 is 10.2 Å². The molecular formula is C35H36N2O5. The molecule has 1 aliphatic carbocycles. The number of amides is 2. The number of hydrogen-bond acceptors (Lipinski definition) is 6. The fourth-order valence-corrected chi connectivity index (χ4v) is 6.75. The number of methoxy groups -OCH3 is 1. The molecule has 42 heavy (non-hydrogen) atoms. The Morgan fingerprint density at radius 1 is 1.00 bits per heavy atom. The highest BCUT2D eigenvalue weighted by atomic mass is 16.5. The maximum Gasteiger partial charge on any atom is 0.238 e. The van der Waals surface area contributed by atoms with Crippen molar-refractivity contribution in [3.8, 4) is 5.75 Å². The molecule has 2 aliphatic heterocycles. The van der Waals surface area contributed by atoms with Crippen LogP contribution in [0.4, 0.5) is 17.1 Å². The summed E-state index contributed by atoms with van der Waals surface area (Å²) in [4.78, 5) is 29.0. The van der Waals surface area contributed by atoms with E-state index in [2.05, 4.69) is 18.3 Å². The molecule has 0 aromatic heterocycles. The van der Waals surface area contributed by atoms with Crippen molar-refractivity contribution < 1.29 is 24.2 Å². The van der Waals surface area contributed by atoms with E-state index >= 15 is 0 Å². The number of phenolic OH excluding ortho intramolecular Hbond substituents is 1. The number of nitrogens with zero attached hydrogens (tertiary/aromatic N) is 1. The van der Waals surface area contributed by atoms with Crippen LogP contribution in [-0.2, 0) is 19.1 Å². The molecule has 2 N–H and O–H groups in total. The summed E-state index contributed by atoms with van der Waals surface area (Å²) in [6.45, 7) is 2.93. The Labute approximate surface area is 246 Å². The molecule has 2 fully saturated rings. The third-order valence-corrected chi connectivity index (χ3v) is 8.60. The molecule has 2 heterocycles. The van der Waals surface area contributed by atoms with E-state index in [1.807, 2.05) is 66.7 Å². The molecule has 0 radical (unpaired) electrons. The van der Waals surface area contributed by atoms with E-state index in [1.165, 1.54) is 10.5 Å². The minimum absolute atomic E-state index is 0.117. The van der Waals surface area contributed by atoms with Crippen LogP contribution >= 0.6 is 0 Å². The van der Waals surface area contributed by atoms with Crippen LogP contribution in [0.5, 0.6) is 5.75 Å². The molecule has 3 aromatic carbocycles. The predicted molar refractivity (Wildman–Crippen MR) is 163 cm³/mol. The van der Waals surface area contributed by atoms with Gasteiger partial charge in [0, 0.05) is 24.4 Å². The normalized spacial score (nSPS) is 23.8. The fraction of sp³-hybridized carbons (Fsp3) is 0.314. The van der Waals surface area contributed by atoms with Crippen molar-refractivity contribution in [1.82, 2.24) is 0 Å². The van der Waals surface area contributed by atoms with Gasteiger partial charge in [-0.25, -0.2) is 0 Å². The van der Waals surface area contributed by atoms with Gasteiger partial charge in [-0.15, -0.1) is 0 Å². The largest absolute Gasteiger partial charge is 0.508 e. The quantitative estimate of drug-likeness (QED) is 0.228. The van der Waals surface area contributed by atoms with Crippen molar-refractivity contribution in [1.29, 1.82) is 0 Å². The first-order chi connectivity index (χ1) is 20.4. The number of nitrogens with one attached hydrogen (secondary N) is 1. The standard InChI is InChI=1S/C35H36N2O5/c1-22(17-23-7-6-10-28(38)18-23)11-16-31-32-24(20-41-2)19-29-33(30(32)21-42-31)35(40)37(34(29)39)27-14-12-26(13-15-27)36-25-8-4-3-5-9-25/h3-10,12-15,17-18,29-31,33,36,38H,11,16,19-21H2,1-2H3/b22-17+/t29-,30+,31-,33-/m1/s1. The number of benzene rings is 3. The van der Waals surface area contributed by atoms with Gasteiger partial charge in [-0.2, -0.15) is 0 Å². The summed E-state index contributed by atoms with van der Waals surface area (Å²) in [5.74, 6) is -1.01. The van der Waals surface area contributed by atoms with Gasteiger partial charge in [-0.1, -0.05) is 42.0 Å². The molecule has 2 saturated heterocycles. The lowest BCUT2D eigenvalue weighted by Crippen LogP contribution is -2.35. The highest BCUT2D eigenvalue weighted by Crippen LogP contribution is 2.50. The second-order valence-corrected chi connectivity index (χ2v) is 11.4. The van der Waals surface area contributed by atoms with Crippen molar-refractivity contribution in [2.24, 2.45) is 17.8 Å². The number of hydrogen-bond donors (Lipinski definition) is 2. The van der Waals surface area contributed by atoms with E-state index in [0.29, 0.717) is 25.3 Å². The smallest absolute Gasteiger partial charge is 0.238 e. The monoisotopic (exact) mass is 564 g/mol. The number of rotatable bonds is 9. The van der Waals surface area contributed by atoms with Crippen LogP contribution in [0.15, 0.2) is 95.6 Å².